The second-order valence-corrected chi connectivity index (χ2v) is 6.53. The second-order valence-electron chi connectivity index (χ2n) is 6.09. The van der Waals surface area contributed by atoms with Gasteiger partial charge in [-0.3, -0.25) is 9.48 Å². The third-order valence-electron chi connectivity index (χ3n) is 4.38. The summed E-state index contributed by atoms with van der Waals surface area (Å²) in [7, 11) is 1.76. The minimum atomic E-state index is -1.15. The topological polar surface area (TPSA) is 61.6 Å². The normalized spacial score (nSPS) is 16.3. The Morgan fingerprint density at radius 2 is 2.00 bits per heavy atom. The molecule has 1 aromatic carbocycles. The van der Waals surface area contributed by atoms with E-state index in [1.54, 1.807) is 22.8 Å². The molecule has 1 atom stereocenters. The van der Waals surface area contributed by atoms with Crippen molar-refractivity contribution in [2.24, 2.45) is 7.05 Å². The van der Waals surface area contributed by atoms with E-state index >= 15 is 0 Å². The van der Waals surface area contributed by atoms with Gasteiger partial charge in [0, 0.05) is 55.7 Å². The van der Waals surface area contributed by atoms with Gasteiger partial charge in [0.2, 0.25) is 0 Å². The van der Waals surface area contributed by atoms with Gasteiger partial charge in [0.1, 0.15) is 0 Å². The Bertz CT molecular complexity index is 738. The first kappa shape index (κ1) is 16.8. The number of hydrogen-bond donors (Lipinski definition) is 1. The first-order valence-corrected chi connectivity index (χ1v) is 8.30. The summed E-state index contributed by atoms with van der Waals surface area (Å²) in [4.78, 5) is 16.4. The smallest absolute Gasteiger partial charge is 0.256 e. The number of halogens is 1. The number of aliphatic hydroxyl groups excluding tert-OH is 1. The molecule has 1 unspecified atom stereocenters. The highest BCUT2D eigenvalue weighted by molar-refractivity contribution is 6.30. The predicted molar refractivity (Wildman–Crippen MR) is 93.1 cm³/mol. The molecule has 2 aromatic rings. The van der Waals surface area contributed by atoms with Crippen molar-refractivity contribution < 1.29 is 9.90 Å². The number of piperazine rings is 1. The van der Waals surface area contributed by atoms with Crippen molar-refractivity contribution in [3.8, 4) is 0 Å². The Kier molecular flexibility index (Phi) is 4.78. The molecule has 3 rings (SSSR count). The number of carbonyl (C=O) groups is 1. The molecule has 1 aliphatic rings. The Morgan fingerprint density at radius 1 is 1.29 bits per heavy atom. The van der Waals surface area contributed by atoms with Gasteiger partial charge in [0.15, 0.2) is 6.10 Å². The van der Waals surface area contributed by atoms with E-state index in [1.165, 1.54) is 6.20 Å². The maximum Gasteiger partial charge on any atom is 0.256 e. The van der Waals surface area contributed by atoms with Crippen LogP contribution in [0.5, 0.6) is 0 Å². The molecular formula is C17H21ClN4O2. The van der Waals surface area contributed by atoms with Crippen molar-refractivity contribution in [1.82, 2.24) is 14.7 Å². The Balaban J connectivity index is 1.64. The molecule has 1 N–H and O–H groups in total. The molecule has 0 radical (unpaired) electrons. The van der Waals surface area contributed by atoms with E-state index in [-0.39, 0.29) is 5.91 Å². The Morgan fingerprint density at radius 3 is 2.62 bits per heavy atom. The van der Waals surface area contributed by atoms with Gasteiger partial charge < -0.3 is 14.9 Å². The zero-order valence-electron chi connectivity index (χ0n) is 13.8. The summed E-state index contributed by atoms with van der Waals surface area (Å²) in [5.74, 6) is -0.273. The van der Waals surface area contributed by atoms with Gasteiger partial charge in [-0.05, 0) is 24.6 Å². The second kappa shape index (κ2) is 6.83. The molecule has 0 saturated carbocycles. The number of rotatable bonds is 3. The van der Waals surface area contributed by atoms with E-state index in [2.05, 4.69) is 16.9 Å². The molecule has 1 fully saturated rings. The number of nitrogens with zero attached hydrogens (tertiary/aromatic N) is 4. The average Bonchev–Trinajstić information content (AvgIpc) is 3.02. The highest BCUT2D eigenvalue weighted by Gasteiger charge is 2.28. The summed E-state index contributed by atoms with van der Waals surface area (Å²) in [5, 5.41) is 15.0. The number of benzene rings is 1. The van der Waals surface area contributed by atoms with Gasteiger partial charge in [0.25, 0.3) is 5.91 Å². The summed E-state index contributed by atoms with van der Waals surface area (Å²) in [6.45, 7) is 4.62. The zero-order valence-corrected chi connectivity index (χ0v) is 14.6. The molecule has 0 spiro atoms. The number of aryl methyl sites for hydroxylation is 2. The van der Waals surface area contributed by atoms with E-state index < -0.39 is 6.10 Å². The fraction of sp³-hybridized carbons (Fsp3) is 0.412. The first-order chi connectivity index (χ1) is 11.5. The van der Waals surface area contributed by atoms with Gasteiger partial charge in [-0.1, -0.05) is 17.7 Å². The van der Waals surface area contributed by atoms with E-state index in [1.807, 2.05) is 18.2 Å². The van der Waals surface area contributed by atoms with Crippen LogP contribution < -0.4 is 4.90 Å². The molecule has 1 aromatic heterocycles. The quantitative estimate of drug-likeness (QED) is 0.918. The van der Waals surface area contributed by atoms with Crippen LogP contribution in [-0.4, -0.2) is 51.9 Å². The van der Waals surface area contributed by atoms with Crippen LogP contribution in [-0.2, 0) is 11.8 Å². The fourth-order valence-corrected chi connectivity index (χ4v) is 3.15. The summed E-state index contributed by atoms with van der Waals surface area (Å²) < 4.78 is 1.58. The molecule has 128 valence electrons. The molecule has 7 heteroatoms. The molecular weight excluding hydrogens is 328 g/mol. The van der Waals surface area contributed by atoms with Crippen LogP contribution in [0.25, 0.3) is 0 Å². The highest BCUT2D eigenvalue weighted by atomic mass is 35.5. The molecule has 0 bridgehead atoms. The Hall–Kier alpha value is -2.05. The number of hydrogen-bond acceptors (Lipinski definition) is 4. The lowest BCUT2D eigenvalue weighted by Gasteiger charge is -2.37. The summed E-state index contributed by atoms with van der Waals surface area (Å²) in [6, 6.07) is 5.84. The third kappa shape index (κ3) is 3.39. The van der Waals surface area contributed by atoms with Crippen molar-refractivity contribution in [2.75, 3.05) is 31.1 Å². The van der Waals surface area contributed by atoms with Gasteiger partial charge in [-0.15, -0.1) is 0 Å². The van der Waals surface area contributed by atoms with Crippen LogP contribution in [0, 0.1) is 6.92 Å². The van der Waals surface area contributed by atoms with Crippen LogP contribution in [0.4, 0.5) is 5.69 Å². The highest BCUT2D eigenvalue weighted by Crippen LogP contribution is 2.26. The molecule has 1 aliphatic heterocycles. The van der Waals surface area contributed by atoms with E-state index in [0.29, 0.717) is 36.8 Å². The molecule has 6 nitrogen and oxygen atoms in total. The lowest BCUT2D eigenvalue weighted by Crippen LogP contribution is -2.50. The van der Waals surface area contributed by atoms with Gasteiger partial charge >= 0.3 is 0 Å². The van der Waals surface area contributed by atoms with Crippen LogP contribution >= 0.6 is 11.6 Å². The van der Waals surface area contributed by atoms with Gasteiger partial charge in [-0.25, -0.2) is 0 Å². The van der Waals surface area contributed by atoms with Gasteiger partial charge in [-0.2, -0.15) is 5.10 Å². The summed E-state index contributed by atoms with van der Waals surface area (Å²) in [6.07, 6.45) is 2.03. The molecule has 2 heterocycles. The molecule has 1 amide bonds. The fourth-order valence-electron chi connectivity index (χ4n) is 2.99. The van der Waals surface area contributed by atoms with Crippen LogP contribution in [0.3, 0.4) is 0 Å². The minimum Gasteiger partial charge on any atom is -0.378 e. The van der Waals surface area contributed by atoms with Crippen molar-refractivity contribution >= 4 is 23.2 Å². The zero-order chi connectivity index (χ0) is 17.3. The van der Waals surface area contributed by atoms with Crippen molar-refractivity contribution in [3.05, 3.63) is 46.7 Å². The first-order valence-electron chi connectivity index (χ1n) is 7.92. The number of carbonyl (C=O) groups excluding carboxylic acids is 1. The number of aromatic nitrogens is 2. The van der Waals surface area contributed by atoms with E-state index in [9.17, 15) is 9.90 Å². The maximum atomic E-state index is 12.5. The average molecular weight is 349 g/mol. The lowest BCUT2D eigenvalue weighted by atomic mass is 10.1. The monoisotopic (exact) mass is 348 g/mol. The number of aliphatic hydroxyl groups is 1. The van der Waals surface area contributed by atoms with Gasteiger partial charge in [0.05, 0.1) is 6.20 Å². The number of amides is 1. The van der Waals surface area contributed by atoms with Crippen LogP contribution in [0.2, 0.25) is 5.02 Å². The third-order valence-corrected chi connectivity index (χ3v) is 4.61. The predicted octanol–water partition coefficient (Wildman–Crippen LogP) is 1.76. The van der Waals surface area contributed by atoms with Crippen molar-refractivity contribution in [1.29, 1.82) is 0 Å². The SMILES string of the molecule is Cc1ccc(Cl)cc1N1CCN(C(=O)C(O)c2cnn(C)c2)CC1. The van der Waals surface area contributed by atoms with Crippen LogP contribution in [0.1, 0.15) is 17.2 Å². The molecule has 0 aliphatic carbocycles. The summed E-state index contributed by atoms with van der Waals surface area (Å²) >= 11 is 6.09. The standard InChI is InChI=1S/C17H21ClN4O2/c1-12-3-4-14(18)9-15(12)21-5-7-22(8-6-21)17(24)16(23)13-10-19-20(2)11-13/h3-4,9-11,16,23H,5-8H2,1-2H3. The van der Waals surface area contributed by atoms with Crippen molar-refractivity contribution in [3.63, 3.8) is 0 Å². The summed E-state index contributed by atoms with van der Waals surface area (Å²) in [5.41, 5.74) is 2.78. The van der Waals surface area contributed by atoms with E-state index in [0.717, 1.165) is 11.3 Å². The maximum absolute atomic E-state index is 12.5. The molecule has 1 saturated heterocycles. The lowest BCUT2D eigenvalue weighted by molar-refractivity contribution is -0.140. The Labute approximate surface area is 146 Å². The van der Waals surface area contributed by atoms with E-state index in [4.69, 9.17) is 11.6 Å². The largest absolute Gasteiger partial charge is 0.378 e. The van der Waals surface area contributed by atoms with Crippen LogP contribution in [0.15, 0.2) is 30.6 Å². The number of anilines is 1. The molecule has 24 heavy (non-hydrogen) atoms. The minimum absolute atomic E-state index is 0.273. The van der Waals surface area contributed by atoms with Crippen molar-refractivity contribution in [2.45, 2.75) is 13.0 Å².